The molecule has 2 radical (unpaired) electrons. The SMILES string of the molecule is [O-2].[O-2].[O-2].[O-2].[O-2].[O-2].[O-2].[Ru+7].[Ru+7]. The summed E-state index contributed by atoms with van der Waals surface area (Å²) in [5, 5.41) is 0. The van der Waals surface area contributed by atoms with Crippen molar-refractivity contribution >= 4 is 0 Å². The second kappa shape index (κ2) is 609. The van der Waals surface area contributed by atoms with Crippen molar-refractivity contribution in [2.75, 3.05) is 0 Å². The van der Waals surface area contributed by atoms with Gasteiger partial charge in [0.1, 0.15) is 0 Å². The molecule has 58 valence electrons. The van der Waals surface area contributed by atoms with Crippen LogP contribution in [0.1, 0.15) is 0 Å². The van der Waals surface area contributed by atoms with E-state index >= 15 is 0 Å². The predicted octanol–water partition coefficient (Wildman–Crippen LogP) is -0.837. The van der Waals surface area contributed by atoms with Gasteiger partial charge in [-0.1, -0.05) is 0 Å². The van der Waals surface area contributed by atoms with E-state index in [1.807, 2.05) is 0 Å². The molecule has 0 fully saturated rings. The average molecular weight is 314 g/mol. The van der Waals surface area contributed by atoms with Gasteiger partial charge in [-0.25, -0.2) is 0 Å². The Morgan fingerprint density at radius 2 is 0.222 bits per heavy atom. The molecule has 0 aromatic heterocycles. The van der Waals surface area contributed by atoms with Gasteiger partial charge in [0.2, 0.25) is 0 Å². The van der Waals surface area contributed by atoms with E-state index < -0.39 is 0 Å². The van der Waals surface area contributed by atoms with Gasteiger partial charge in [-0.2, -0.15) is 0 Å². The maximum absolute atomic E-state index is 0. The van der Waals surface area contributed by atoms with Crippen molar-refractivity contribution < 1.29 is 77.3 Å². The van der Waals surface area contributed by atoms with Gasteiger partial charge in [-0.15, -0.1) is 0 Å². The minimum atomic E-state index is 0. The molecule has 0 aliphatic heterocycles. The van der Waals surface area contributed by atoms with Gasteiger partial charge in [0.25, 0.3) is 0 Å². The molecule has 0 saturated carbocycles. The van der Waals surface area contributed by atoms with Gasteiger partial charge in [-0.3, -0.25) is 0 Å². The molecule has 0 unspecified atom stereocenters. The molecular formula is O7Ru2. The topological polar surface area (TPSA) is 200 Å². The van der Waals surface area contributed by atoms with E-state index in [1.165, 1.54) is 0 Å². The third-order valence-electron chi connectivity index (χ3n) is 0. The first kappa shape index (κ1) is 857. The molecule has 0 aliphatic carbocycles. The summed E-state index contributed by atoms with van der Waals surface area (Å²) in [4.78, 5) is 0. The van der Waals surface area contributed by atoms with Crippen molar-refractivity contribution in [1.82, 2.24) is 0 Å². The Morgan fingerprint density at radius 3 is 0.222 bits per heavy atom. The van der Waals surface area contributed by atoms with Crippen LogP contribution in [0.5, 0.6) is 0 Å². The fourth-order valence-electron chi connectivity index (χ4n) is 0. The minimum absolute atomic E-state index is 0. The molecular weight excluding hydrogens is 314 g/mol. The summed E-state index contributed by atoms with van der Waals surface area (Å²) in [5.41, 5.74) is 0. The van der Waals surface area contributed by atoms with Gasteiger partial charge >= 0.3 is 39.0 Å². The van der Waals surface area contributed by atoms with Crippen molar-refractivity contribution in [2.45, 2.75) is 0 Å². The molecule has 0 aromatic carbocycles. The van der Waals surface area contributed by atoms with Crippen molar-refractivity contribution in [3.63, 3.8) is 0 Å². The summed E-state index contributed by atoms with van der Waals surface area (Å²) in [7, 11) is 0. The number of hydrogen-bond donors (Lipinski definition) is 0. The van der Waals surface area contributed by atoms with Gasteiger partial charge in [0.15, 0.2) is 0 Å². The second-order valence-corrected chi connectivity index (χ2v) is 0. The van der Waals surface area contributed by atoms with Gasteiger partial charge in [-0.05, 0) is 0 Å². The molecule has 0 N–H and O–H groups in total. The van der Waals surface area contributed by atoms with Crippen LogP contribution in [0.2, 0.25) is 0 Å². The first-order chi connectivity index (χ1) is 0. The van der Waals surface area contributed by atoms with Crippen LogP contribution in [0, 0.1) is 0 Å². The summed E-state index contributed by atoms with van der Waals surface area (Å²) in [6.45, 7) is 0. The minimum Gasteiger partial charge on any atom is -2.00 e. The summed E-state index contributed by atoms with van der Waals surface area (Å²) in [6, 6.07) is 0. The fraction of sp³-hybridized carbons (Fsp3) is 0. The van der Waals surface area contributed by atoms with Crippen LogP contribution >= 0.6 is 0 Å². The van der Waals surface area contributed by atoms with Gasteiger partial charge in [0, 0.05) is 0 Å². The molecule has 0 aromatic rings. The standard InChI is InChI=1S/7O.2Ru/q7*-2;2*+7. The van der Waals surface area contributed by atoms with Crippen LogP contribution in [0.3, 0.4) is 0 Å². The number of hydrogen-bond acceptors (Lipinski definition) is 0. The molecule has 0 aliphatic rings. The summed E-state index contributed by atoms with van der Waals surface area (Å²) in [5.74, 6) is 0. The average Bonchev–Trinajstić information content (AvgIpc) is 0. The van der Waals surface area contributed by atoms with E-state index in [2.05, 4.69) is 0 Å². The molecule has 7 nitrogen and oxygen atoms in total. The Labute approximate surface area is 77.5 Å². The smallest absolute Gasteiger partial charge is 2.00 e. The molecule has 0 saturated heterocycles. The van der Waals surface area contributed by atoms with Crippen molar-refractivity contribution in [2.24, 2.45) is 0 Å². The third kappa shape index (κ3) is 466. The Morgan fingerprint density at radius 1 is 0.222 bits per heavy atom. The van der Waals surface area contributed by atoms with E-state index in [0.29, 0.717) is 0 Å². The molecule has 9 heteroatoms. The molecule has 0 bridgehead atoms. The van der Waals surface area contributed by atoms with E-state index in [9.17, 15) is 0 Å². The summed E-state index contributed by atoms with van der Waals surface area (Å²) >= 11 is 0. The largest absolute Gasteiger partial charge is 7.00 e. The first-order valence-corrected chi connectivity index (χ1v) is 0. The van der Waals surface area contributed by atoms with Gasteiger partial charge < -0.3 is 38.3 Å². The zero-order chi connectivity index (χ0) is 0. The normalized spacial score (nSPS) is 0. The van der Waals surface area contributed by atoms with E-state index in [4.69, 9.17) is 0 Å². The number of rotatable bonds is 0. The Hall–Kier alpha value is 0.967. The Balaban J connectivity index is 0. The predicted molar refractivity (Wildman–Crippen MR) is 4.81 cm³/mol. The van der Waals surface area contributed by atoms with Crippen molar-refractivity contribution in [3.05, 3.63) is 0 Å². The maximum atomic E-state index is 0. The maximum Gasteiger partial charge on any atom is 7.00 e. The van der Waals surface area contributed by atoms with E-state index in [1.54, 1.807) is 0 Å². The van der Waals surface area contributed by atoms with Gasteiger partial charge in [0.05, 0.1) is 0 Å². The third-order valence-corrected chi connectivity index (χ3v) is 0. The molecule has 0 heterocycles. The zero-order valence-electron chi connectivity index (χ0n) is 3.56. The molecule has 0 amide bonds. The van der Waals surface area contributed by atoms with Crippen LogP contribution in [0.25, 0.3) is 0 Å². The van der Waals surface area contributed by atoms with E-state index in [0.717, 1.165) is 0 Å². The monoisotopic (exact) mass is 316 g/mol. The summed E-state index contributed by atoms with van der Waals surface area (Å²) in [6.07, 6.45) is 0. The Kier molecular flexibility index (Phi) is 58000. The van der Waals surface area contributed by atoms with Crippen LogP contribution in [-0.2, 0) is 77.3 Å². The van der Waals surface area contributed by atoms with Crippen LogP contribution in [-0.4, -0.2) is 0 Å². The van der Waals surface area contributed by atoms with Crippen LogP contribution < -0.4 is 0 Å². The zero-order valence-corrected chi connectivity index (χ0v) is 7.04. The molecule has 0 atom stereocenters. The molecule has 9 heavy (non-hydrogen) atoms. The van der Waals surface area contributed by atoms with Crippen LogP contribution in [0.15, 0.2) is 0 Å². The quantitative estimate of drug-likeness (QED) is 0.502. The molecule has 0 rings (SSSR count). The first-order valence-electron chi connectivity index (χ1n) is 0. The van der Waals surface area contributed by atoms with E-state index in [-0.39, 0.29) is 77.3 Å². The Bertz CT molecular complexity index is 6.88. The molecule has 0 spiro atoms. The van der Waals surface area contributed by atoms with Crippen LogP contribution in [0.4, 0.5) is 0 Å². The second-order valence-electron chi connectivity index (χ2n) is 0. The summed E-state index contributed by atoms with van der Waals surface area (Å²) < 4.78 is 0. The van der Waals surface area contributed by atoms with Crippen molar-refractivity contribution in [3.8, 4) is 0 Å². The van der Waals surface area contributed by atoms with Crippen molar-refractivity contribution in [1.29, 1.82) is 0 Å². The fourth-order valence-corrected chi connectivity index (χ4v) is 0.